The number of hydrogen-bond acceptors (Lipinski definition) is 3. The van der Waals surface area contributed by atoms with Crippen molar-refractivity contribution in [1.29, 1.82) is 0 Å². The molecule has 0 aliphatic heterocycles. The Balaban J connectivity index is 1.79. The highest BCUT2D eigenvalue weighted by Gasteiger charge is 2.31. The minimum Gasteiger partial charge on any atom is -0.396 e. The molecule has 0 bridgehead atoms. The van der Waals surface area contributed by atoms with Crippen molar-refractivity contribution in [1.82, 2.24) is 10.6 Å². The Morgan fingerprint density at radius 3 is 2.41 bits per heavy atom. The normalized spacial score (nSPS) is 33.9. The number of carbonyl (C=O) groups is 1. The lowest BCUT2D eigenvalue weighted by molar-refractivity contribution is 0.173. The standard InChI is InChI=1S/C16H30N2O3S/c1-2-22(21)15-6-4-3-5-14(15)18-16(20)17-13-9-7-12(11-19)8-10-13/h12-15,19H,2-11H2,1H3,(H2,17,18,20). The lowest BCUT2D eigenvalue weighted by Crippen LogP contribution is -2.52. The predicted molar refractivity (Wildman–Crippen MR) is 89.2 cm³/mol. The van der Waals surface area contributed by atoms with Gasteiger partial charge >= 0.3 is 6.03 Å². The fraction of sp³-hybridized carbons (Fsp3) is 0.938. The maximum atomic E-state index is 12.2. The number of aliphatic hydroxyl groups is 1. The van der Waals surface area contributed by atoms with Gasteiger partial charge in [0.25, 0.3) is 0 Å². The number of amides is 2. The topological polar surface area (TPSA) is 78.4 Å². The monoisotopic (exact) mass is 330 g/mol. The molecule has 0 aromatic rings. The largest absolute Gasteiger partial charge is 0.396 e. The van der Waals surface area contributed by atoms with E-state index in [1.54, 1.807) is 0 Å². The van der Waals surface area contributed by atoms with Gasteiger partial charge in [-0.1, -0.05) is 19.8 Å². The van der Waals surface area contributed by atoms with Gasteiger partial charge in [-0.25, -0.2) is 4.79 Å². The second kappa shape index (κ2) is 8.87. The van der Waals surface area contributed by atoms with E-state index in [-0.39, 0.29) is 30.0 Å². The minimum absolute atomic E-state index is 0.0447. The van der Waals surface area contributed by atoms with E-state index in [2.05, 4.69) is 10.6 Å². The molecular formula is C16H30N2O3S. The van der Waals surface area contributed by atoms with Crippen molar-refractivity contribution in [2.75, 3.05) is 12.4 Å². The van der Waals surface area contributed by atoms with Crippen molar-refractivity contribution in [3.05, 3.63) is 0 Å². The molecule has 0 aromatic heterocycles. The molecular weight excluding hydrogens is 300 g/mol. The molecule has 0 radical (unpaired) electrons. The third-order valence-corrected chi connectivity index (χ3v) is 6.89. The van der Waals surface area contributed by atoms with E-state index < -0.39 is 10.8 Å². The highest BCUT2D eigenvalue weighted by molar-refractivity contribution is 7.85. The second-order valence-corrected chi connectivity index (χ2v) is 8.56. The third-order valence-electron chi connectivity index (χ3n) is 5.08. The van der Waals surface area contributed by atoms with Crippen molar-refractivity contribution in [2.24, 2.45) is 5.92 Å². The zero-order valence-corrected chi connectivity index (χ0v) is 14.4. The average Bonchev–Trinajstić information content (AvgIpc) is 2.55. The first-order chi connectivity index (χ1) is 10.6. The zero-order valence-electron chi connectivity index (χ0n) is 13.6. The molecule has 0 saturated heterocycles. The first-order valence-electron chi connectivity index (χ1n) is 8.69. The number of rotatable bonds is 5. The number of carbonyl (C=O) groups excluding carboxylic acids is 1. The van der Waals surface area contributed by atoms with Gasteiger partial charge in [0.15, 0.2) is 0 Å². The fourth-order valence-electron chi connectivity index (χ4n) is 3.68. The van der Waals surface area contributed by atoms with Crippen LogP contribution in [0.3, 0.4) is 0 Å². The van der Waals surface area contributed by atoms with E-state index in [0.717, 1.165) is 51.4 Å². The Labute approximate surface area is 136 Å². The Kier molecular flexibility index (Phi) is 7.15. The van der Waals surface area contributed by atoms with Crippen LogP contribution in [0.5, 0.6) is 0 Å². The van der Waals surface area contributed by atoms with E-state index in [1.165, 1.54) is 0 Å². The van der Waals surface area contributed by atoms with Crippen LogP contribution in [-0.2, 0) is 10.8 Å². The average molecular weight is 330 g/mol. The molecule has 3 unspecified atom stereocenters. The number of urea groups is 1. The molecule has 2 amide bonds. The van der Waals surface area contributed by atoms with Crippen molar-refractivity contribution in [2.45, 2.75) is 75.6 Å². The number of nitrogens with one attached hydrogen (secondary N) is 2. The molecule has 2 rings (SSSR count). The van der Waals surface area contributed by atoms with Crippen LogP contribution in [0.1, 0.15) is 58.3 Å². The third kappa shape index (κ3) is 4.95. The quantitative estimate of drug-likeness (QED) is 0.720. The number of aliphatic hydroxyl groups excluding tert-OH is 1. The summed E-state index contributed by atoms with van der Waals surface area (Å²) in [5, 5.41) is 15.4. The van der Waals surface area contributed by atoms with E-state index in [0.29, 0.717) is 11.7 Å². The molecule has 2 aliphatic rings. The molecule has 0 heterocycles. The van der Waals surface area contributed by atoms with Crippen LogP contribution in [0.15, 0.2) is 0 Å². The maximum Gasteiger partial charge on any atom is 0.315 e. The van der Waals surface area contributed by atoms with Crippen molar-refractivity contribution in [3.8, 4) is 0 Å². The van der Waals surface area contributed by atoms with Gasteiger partial charge in [0.2, 0.25) is 0 Å². The van der Waals surface area contributed by atoms with E-state index >= 15 is 0 Å². The molecule has 5 nitrogen and oxygen atoms in total. The first kappa shape index (κ1) is 17.7. The molecule has 128 valence electrons. The number of hydrogen-bond donors (Lipinski definition) is 3. The molecule has 6 heteroatoms. The Morgan fingerprint density at radius 2 is 1.77 bits per heavy atom. The van der Waals surface area contributed by atoms with Gasteiger partial charge in [-0.2, -0.15) is 0 Å². The van der Waals surface area contributed by atoms with Crippen LogP contribution in [0, 0.1) is 5.92 Å². The van der Waals surface area contributed by atoms with Crippen molar-refractivity contribution >= 4 is 16.8 Å². The summed E-state index contributed by atoms with van der Waals surface area (Å²) in [5.41, 5.74) is 0. The van der Waals surface area contributed by atoms with Crippen LogP contribution in [0.4, 0.5) is 4.79 Å². The van der Waals surface area contributed by atoms with Crippen LogP contribution in [-0.4, -0.2) is 45.0 Å². The van der Waals surface area contributed by atoms with Crippen LogP contribution < -0.4 is 10.6 Å². The summed E-state index contributed by atoms with van der Waals surface area (Å²) in [6, 6.07) is 0.141. The Bertz CT molecular complexity index is 384. The summed E-state index contributed by atoms with van der Waals surface area (Å²) in [6.45, 7) is 2.20. The molecule has 2 saturated carbocycles. The van der Waals surface area contributed by atoms with Crippen LogP contribution >= 0.6 is 0 Å². The second-order valence-electron chi connectivity index (χ2n) is 6.62. The lowest BCUT2D eigenvalue weighted by atomic mass is 9.86. The summed E-state index contributed by atoms with van der Waals surface area (Å²) in [5.74, 6) is 1.06. The van der Waals surface area contributed by atoms with E-state index in [4.69, 9.17) is 5.11 Å². The molecule has 3 atom stereocenters. The van der Waals surface area contributed by atoms with E-state index in [1.807, 2.05) is 6.92 Å². The SMILES string of the molecule is CCS(=O)C1CCCCC1NC(=O)NC1CCC(CO)CC1. The van der Waals surface area contributed by atoms with Crippen LogP contribution in [0.2, 0.25) is 0 Å². The maximum absolute atomic E-state index is 12.2. The molecule has 0 spiro atoms. The van der Waals surface area contributed by atoms with Gasteiger partial charge in [-0.15, -0.1) is 0 Å². The fourth-order valence-corrected chi connectivity index (χ4v) is 5.10. The Morgan fingerprint density at radius 1 is 1.09 bits per heavy atom. The van der Waals surface area contributed by atoms with Crippen LogP contribution in [0.25, 0.3) is 0 Å². The molecule has 0 aromatic carbocycles. The summed E-state index contributed by atoms with van der Waals surface area (Å²) in [7, 11) is -0.843. The van der Waals surface area contributed by atoms with Gasteiger partial charge < -0.3 is 15.7 Å². The minimum atomic E-state index is -0.843. The van der Waals surface area contributed by atoms with Gasteiger partial charge in [0.05, 0.1) is 5.25 Å². The van der Waals surface area contributed by atoms with Gasteiger partial charge in [-0.05, 0) is 44.4 Å². The smallest absolute Gasteiger partial charge is 0.315 e. The molecule has 2 aliphatic carbocycles. The van der Waals surface area contributed by atoms with E-state index in [9.17, 15) is 9.00 Å². The summed E-state index contributed by atoms with van der Waals surface area (Å²) < 4.78 is 12.1. The van der Waals surface area contributed by atoms with Crippen molar-refractivity contribution < 1.29 is 14.1 Å². The Hall–Kier alpha value is -0.620. The zero-order chi connectivity index (χ0) is 15.9. The van der Waals surface area contributed by atoms with Gasteiger partial charge in [0, 0.05) is 35.2 Å². The predicted octanol–water partition coefficient (Wildman–Crippen LogP) is 1.92. The first-order valence-corrected chi connectivity index (χ1v) is 10.1. The summed E-state index contributed by atoms with van der Waals surface area (Å²) in [4.78, 5) is 12.2. The van der Waals surface area contributed by atoms with Crippen molar-refractivity contribution in [3.63, 3.8) is 0 Å². The summed E-state index contributed by atoms with van der Waals surface area (Å²) in [6.07, 6.45) is 7.93. The molecule has 3 N–H and O–H groups in total. The molecule has 22 heavy (non-hydrogen) atoms. The summed E-state index contributed by atoms with van der Waals surface area (Å²) >= 11 is 0. The van der Waals surface area contributed by atoms with Gasteiger partial charge in [-0.3, -0.25) is 4.21 Å². The highest BCUT2D eigenvalue weighted by Crippen LogP contribution is 2.25. The molecule has 2 fully saturated rings. The highest BCUT2D eigenvalue weighted by atomic mass is 32.2. The van der Waals surface area contributed by atoms with Gasteiger partial charge in [0.1, 0.15) is 0 Å². The lowest BCUT2D eigenvalue weighted by Gasteiger charge is -2.33.